The highest BCUT2D eigenvalue weighted by Crippen LogP contribution is 2.34. The first-order valence-corrected chi connectivity index (χ1v) is 8.04. The Kier molecular flexibility index (Phi) is 4.43. The second-order valence-electron chi connectivity index (χ2n) is 7.13. The van der Waals surface area contributed by atoms with Gasteiger partial charge in [0.05, 0.1) is 17.4 Å². The summed E-state index contributed by atoms with van der Waals surface area (Å²) in [5.74, 6) is 0.492. The van der Waals surface area contributed by atoms with Gasteiger partial charge in [-0.2, -0.15) is 0 Å². The van der Waals surface area contributed by atoms with Crippen molar-refractivity contribution in [1.82, 2.24) is 9.38 Å². The van der Waals surface area contributed by atoms with Crippen LogP contribution in [0.1, 0.15) is 70.5 Å². The highest BCUT2D eigenvalue weighted by atomic mass is 15.0. The summed E-state index contributed by atoms with van der Waals surface area (Å²) < 4.78 is 2.21. The van der Waals surface area contributed by atoms with Crippen molar-refractivity contribution >= 4 is 5.65 Å². The number of fused-ring (bicyclic) bond motifs is 1. The Morgan fingerprint density at radius 1 is 1.19 bits per heavy atom. The third kappa shape index (κ3) is 2.98. The average molecular weight is 287 g/mol. The van der Waals surface area contributed by atoms with E-state index < -0.39 is 0 Å². The summed E-state index contributed by atoms with van der Waals surface area (Å²) in [7, 11) is 0. The van der Waals surface area contributed by atoms with Crippen molar-refractivity contribution in [1.29, 1.82) is 0 Å². The van der Waals surface area contributed by atoms with Gasteiger partial charge in [-0.15, -0.1) is 0 Å². The van der Waals surface area contributed by atoms with Crippen molar-refractivity contribution in [3.8, 4) is 0 Å². The summed E-state index contributed by atoms with van der Waals surface area (Å²) in [5, 5.41) is 0. The smallest absolute Gasteiger partial charge is 0.137 e. The molecule has 3 nitrogen and oxygen atoms in total. The van der Waals surface area contributed by atoms with Gasteiger partial charge in [-0.3, -0.25) is 0 Å². The van der Waals surface area contributed by atoms with Crippen molar-refractivity contribution in [3.05, 3.63) is 35.3 Å². The number of hydrogen-bond acceptors (Lipinski definition) is 2. The van der Waals surface area contributed by atoms with Gasteiger partial charge in [-0.1, -0.05) is 53.5 Å². The molecule has 2 aromatic heterocycles. The predicted octanol–water partition coefficient (Wildman–Crippen LogP) is 4.38. The van der Waals surface area contributed by atoms with Crippen LogP contribution in [0.5, 0.6) is 0 Å². The number of imidazole rings is 1. The third-order valence-electron chi connectivity index (χ3n) is 4.39. The standard InChI is InChI=1S/C18H29N3/c1-7-13(8-2)15(19)16-17(18(4,5)6)20-14-10-9-12(3)11-21(14)16/h9-11,13,15H,7-8,19H2,1-6H3. The summed E-state index contributed by atoms with van der Waals surface area (Å²) in [4.78, 5) is 4.88. The Labute approximate surface area is 128 Å². The first-order chi connectivity index (χ1) is 9.79. The van der Waals surface area contributed by atoms with Crippen LogP contribution in [-0.4, -0.2) is 9.38 Å². The predicted molar refractivity (Wildman–Crippen MR) is 89.6 cm³/mol. The lowest BCUT2D eigenvalue weighted by Gasteiger charge is -2.26. The second kappa shape index (κ2) is 5.80. The average Bonchev–Trinajstić information content (AvgIpc) is 2.78. The second-order valence-corrected chi connectivity index (χ2v) is 7.13. The number of aromatic nitrogens is 2. The monoisotopic (exact) mass is 287 g/mol. The Morgan fingerprint density at radius 2 is 1.81 bits per heavy atom. The Bertz CT molecular complexity index is 615. The number of rotatable bonds is 4. The van der Waals surface area contributed by atoms with E-state index in [4.69, 9.17) is 10.7 Å². The van der Waals surface area contributed by atoms with Gasteiger partial charge in [0.15, 0.2) is 0 Å². The van der Waals surface area contributed by atoms with Crippen molar-refractivity contribution in [2.45, 2.75) is 65.8 Å². The largest absolute Gasteiger partial charge is 0.322 e. The van der Waals surface area contributed by atoms with E-state index in [1.807, 2.05) is 0 Å². The van der Waals surface area contributed by atoms with E-state index in [-0.39, 0.29) is 11.5 Å². The van der Waals surface area contributed by atoms with Crippen LogP contribution in [0.3, 0.4) is 0 Å². The normalized spacial score (nSPS) is 14.1. The molecule has 2 aromatic rings. The Morgan fingerprint density at radius 3 is 2.33 bits per heavy atom. The molecule has 0 bridgehead atoms. The van der Waals surface area contributed by atoms with E-state index in [2.05, 4.69) is 64.3 Å². The van der Waals surface area contributed by atoms with Crippen LogP contribution in [0.4, 0.5) is 0 Å². The molecular weight excluding hydrogens is 258 g/mol. The van der Waals surface area contributed by atoms with Crippen molar-refractivity contribution in [2.75, 3.05) is 0 Å². The van der Waals surface area contributed by atoms with Crippen molar-refractivity contribution in [2.24, 2.45) is 11.7 Å². The van der Waals surface area contributed by atoms with E-state index in [0.29, 0.717) is 5.92 Å². The van der Waals surface area contributed by atoms with Crippen molar-refractivity contribution < 1.29 is 0 Å². The lowest BCUT2D eigenvalue weighted by molar-refractivity contribution is 0.389. The summed E-state index contributed by atoms with van der Waals surface area (Å²) in [6.45, 7) is 13.2. The molecule has 0 amide bonds. The van der Waals surface area contributed by atoms with E-state index in [9.17, 15) is 0 Å². The zero-order chi connectivity index (χ0) is 15.8. The van der Waals surface area contributed by atoms with Crippen LogP contribution >= 0.6 is 0 Å². The minimum atomic E-state index is -0.00108. The molecule has 116 valence electrons. The molecular formula is C18H29N3. The quantitative estimate of drug-likeness (QED) is 0.907. The summed E-state index contributed by atoms with van der Waals surface area (Å²) in [6.07, 6.45) is 4.36. The maximum Gasteiger partial charge on any atom is 0.137 e. The molecule has 1 atom stereocenters. The van der Waals surface area contributed by atoms with Gasteiger partial charge >= 0.3 is 0 Å². The van der Waals surface area contributed by atoms with Gasteiger partial charge in [0.25, 0.3) is 0 Å². The van der Waals surface area contributed by atoms with Gasteiger partial charge in [-0.05, 0) is 24.5 Å². The van der Waals surface area contributed by atoms with Gasteiger partial charge in [0.2, 0.25) is 0 Å². The molecule has 0 fully saturated rings. The van der Waals surface area contributed by atoms with Gasteiger partial charge in [0.1, 0.15) is 5.65 Å². The first kappa shape index (κ1) is 16.0. The number of nitrogens with zero attached hydrogens (tertiary/aromatic N) is 2. The van der Waals surface area contributed by atoms with Crippen molar-refractivity contribution in [3.63, 3.8) is 0 Å². The fourth-order valence-corrected chi connectivity index (χ4v) is 3.06. The molecule has 0 spiro atoms. The molecule has 0 aromatic carbocycles. The van der Waals surface area contributed by atoms with E-state index in [0.717, 1.165) is 24.2 Å². The minimum absolute atomic E-state index is 0.00108. The fraction of sp³-hybridized carbons (Fsp3) is 0.611. The Balaban J connectivity index is 2.70. The molecule has 3 heteroatoms. The highest BCUT2D eigenvalue weighted by Gasteiger charge is 2.29. The van der Waals surface area contributed by atoms with Crippen LogP contribution < -0.4 is 5.73 Å². The zero-order valence-corrected chi connectivity index (χ0v) is 14.3. The molecule has 0 aliphatic heterocycles. The molecule has 0 aliphatic rings. The fourth-order valence-electron chi connectivity index (χ4n) is 3.06. The molecule has 1 unspecified atom stereocenters. The SMILES string of the molecule is CCC(CC)C(N)c1c(C(C)(C)C)nc2ccc(C)cn12. The molecule has 0 saturated carbocycles. The third-order valence-corrected chi connectivity index (χ3v) is 4.39. The highest BCUT2D eigenvalue weighted by molar-refractivity contribution is 5.47. The first-order valence-electron chi connectivity index (χ1n) is 8.04. The number of aryl methyl sites for hydroxylation is 1. The molecule has 21 heavy (non-hydrogen) atoms. The number of pyridine rings is 1. The molecule has 2 heterocycles. The van der Waals surface area contributed by atoms with Crippen LogP contribution in [0.25, 0.3) is 5.65 Å². The molecule has 0 saturated heterocycles. The summed E-state index contributed by atoms with van der Waals surface area (Å²) in [6, 6.07) is 4.24. The lowest BCUT2D eigenvalue weighted by Crippen LogP contribution is -2.26. The maximum atomic E-state index is 6.66. The van der Waals surface area contributed by atoms with E-state index in [1.165, 1.54) is 11.3 Å². The van der Waals surface area contributed by atoms with Crippen LogP contribution in [0, 0.1) is 12.8 Å². The lowest BCUT2D eigenvalue weighted by atomic mass is 9.84. The molecule has 2 rings (SSSR count). The maximum absolute atomic E-state index is 6.66. The summed E-state index contributed by atoms with van der Waals surface area (Å²) >= 11 is 0. The molecule has 2 N–H and O–H groups in total. The molecule has 0 radical (unpaired) electrons. The van der Waals surface area contributed by atoms with Crippen LogP contribution in [0.15, 0.2) is 18.3 Å². The summed E-state index contributed by atoms with van der Waals surface area (Å²) in [5.41, 5.74) is 11.2. The zero-order valence-electron chi connectivity index (χ0n) is 14.3. The van der Waals surface area contributed by atoms with Gasteiger partial charge < -0.3 is 10.1 Å². The number of nitrogens with two attached hydrogens (primary N) is 1. The van der Waals surface area contributed by atoms with E-state index in [1.54, 1.807) is 0 Å². The molecule has 0 aliphatic carbocycles. The topological polar surface area (TPSA) is 43.3 Å². The van der Waals surface area contributed by atoms with Gasteiger partial charge in [0, 0.05) is 11.6 Å². The van der Waals surface area contributed by atoms with Crippen LogP contribution in [0.2, 0.25) is 0 Å². The van der Waals surface area contributed by atoms with Crippen LogP contribution in [-0.2, 0) is 5.41 Å². The number of hydrogen-bond donors (Lipinski definition) is 1. The minimum Gasteiger partial charge on any atom is -0.322 e. The van der Waals surface area contributed by atoms with Gasteiger partial charge in [-0.25, -0.2) is 4.98 Å². The van der Waals surface area contributed by atoms with E-state index >= 15 is 0 Å². The Hall–Kier alpha value is -1.35.